The second kappa shape index (κ2) is 73.5. The number of allylic oxidation sites excluding steroid dienone is 6. The summed E-state index contributed by atoms with van der Waals surface area (Å²) in [5.41, 5.74) is 0. The molecule has 2 atom stereocenters. The molecule has 6 heteroatoms. The lowest BCUT2D eigenvalue weighted by Crippen LogP contribution is -2.45. The number of rotatable bonds is 72. The molecule has 0 bridgehead atoms. The summed E-state index contributed by atoms with van der Waals surface area (Å²) in [5, 5.41) is 23.2. The van der Waals surface area contributed by atoms with Gasteiger partial charge in [-0.2, -0.15) is 0 Å². The average Bonchev–Trinajstić information content (AvgIpc) is 3.53. The minimum atomic E-state index is -0.661. The Bertz CT molecular complexity index is 1360. The minimum Gasteiger partial charge on any atom is -0.466 e. The zero-order valence-electron chi connectivity index (χ0n) is 56.9. The van der Waals surface area contributed by atoms with E-state index in [4.69, 9.17) is 4.74 Å². The molecule has 0 radical (unpaired) electrons. The van der Waals surface area contributed by atoms with Gasteiger partial charge in [0.2, 0.25) is 5.91 Å². The van der Waals surface area contributed by atoms with Crippen molar-refractivity contribution < 1.29 is 24.5 Å². The van der Waals surface area contributed by atoms with Crippen LogP contribution in [0.5, 0.6) is 0 Å². The summed E-state index contributed by atoms with van der Waals surface area (Å²) in [5.74, 6) is -0.0124. The molecular weight excluding hydrogens is 1030 g/mol. The number of amides is 1. The van der Waals surface area contributed by atoms with Crippen LogP contribution in [0.1, 0.15) is 425 Å². The molecule has 0 aliphatic rings. The Morgan fingerprint density at radius 2 is 0.595 bits per heavy atom. The van der Waals surface area contributed by atoms with Crippen LogP contribution >= 0.6 is 0 Å². The molecule has 0 aromatic heterocycles. The Hall–Kier alpha value is -1.92. The lowest BCUT2D eigenvalue weighted by Gasteiger charge is -2.22. The summed E-state index contributed by atoms with van der Waals surface area (Å²) in [6.07, 6.45) is 95.2. The van der Waals surface area contributed by atoms with E-state index < -0.39 is 12.1 Å². The Morgan fingerprint density at radius 3 is 0.917 bits per heavy atom. The zero-order chi connectivity index (χ0) is 60.6. The number of carbonyl (C=O) groups is 2. The monoisotopic (exact) mass is 1180 g/mol. The number of aliphatic hydroxyl groups excluding tert-OH is 2. The van der Waals surface area contributed by atoms with Crippen molar-refractivity contribution in [2.24, 2.45) is 0 Å². The molecule has 0 fully saturated rings. The van der Waals surface area contributed by atoms with Gasteiger partial charge < -0.3 is 20.3 Å². The maximum Gasteiger partial charge on any atom is 0.305 e. The number of unbranched alkanes of at least 4 members (excludes halogenated alkanes) is 55. The van der Waals surface area contributed by atoms with Crippen LogP contribution < -0.4 is 5.32 Å². The molecule has 84 heavy (non-hydrogen) atoms. The van der Waals surface area contributed by atoms with E-state index in [0.29, 0.717) is 25.9 Å². The Morgan fingerprint density at radius 1 is 0.333 bits per heavy atom. The van der Waals surface area contributed by atoms with E-state index >= 15 is 0 Å². The van der Waals surface area contributed by atoms with Gasteiger partial charge in [0.25, 0.3) is 0 Å². The van der Waals surface area contributed by atoms with Crippen LogP contribution in [-0.4, -0.2) is 47.4 Å². The lowest BCUT2D eigenvalue weighted by atomic mass is 10.0. The Kier molecular flexibility index (Phi) is 71.9. The third-order valence-corrected chi connectivity index (χ3v) is 17.9. The number of hydrogen-bond donors (Lipinski definition) is 3. The molecular formula is C78H149NO5. The van der Waals surface area contributed by atoms with Crippen LogP contribution in [0.15, 0.2) is 36.5 Å². The first kappa shape index (κ1) is 82.1. The molecule has 0 heterocycles. The van der Waals surface area contributed by atoms with Crippen molar-refractivity contribution in [2.45, 2.75) is 437 Å². The zero-order valence-corrected chi connectivity index (χ0v) is 56.9. The molecule has 0 saturated heterocycles. The smallest absolute Gasteiger partial charge is 0.305 e. The summed E-state index contributed by atoms with van der Waals surface area (Å²) in [6.45, 7) is 4.97. The SMILES string of the molecule is CCCCCCCC/C=C\CCCCCCCCCCCC(=O)OCCCCCCCCCCCCCCC/C=C\C/C=C\CCCCCCCCCCCCCCCCCCCC(=O)NC(CO)C(O)CCCCCCCCCCCCC. The number of carbonyl (C=O) groups excluding carboxylic acids is 2. The largest absolute Gasteiger partial charge is 0.466 e. The number of ether oxygens (including phenoxy) is 1. The molecule has 496 valence electrons. The van der Waals surface area contributed by atoms with E-state index in [0.717, 1.165) is 44.9 Å². The van der Waals surface area contributed by atoms with Crippen LogP contribution in [0.25, 0.3) is 0 Å². The van der Waals surface area contributed by atoms with Gasteiger partial charge in [0.05, 0.1) is 25.4 Å². The molecule has 0 saturated carbocycles. The van der Waals surface area contributed by atoms with Gasteiger partial charge in [-0.05, 0) is 83.5 Å². The van der Waals surface area contributed by atoms with Crippen molar-refractivity contribution in [3.05, 3.63) is 36.5 Å². The van der Waals surface area contributed by atoms with E-state index in [2.05, 4.69) is 55.6 Å². The fraction of sp³-hybridized carbons (Fsp3) is 0.897. The molecule has 0 rings (SSSR count). The van der Waals surface area contributed by atoms with Crippen LogP contribution in [0.3, 0.4) is 0 Å². The van der Waals surface area contributed by atoms with E-state index in [1.165, 1.54) is 347 Å². The minimum absolute atomic E-state index is 0.0189. The summed E-state index contributed by atoms with van der Waals surface area (Å²) in [4.78, 5) is 24.6. The van der Waals surface area contributed by atoms with Gasteiger partial charge in [-0.25, -0.2) is 0 Å². The van der Waals surface area contributed by atoms with E-state index in [1.807, 2.05) is 0 Å². The van der Waals surface area contributed by atoms with E-state index in [1.54, 1.807) is 0 Å². The van der Waals surface area contributed by atoms with Crippen LogP contribution in [-0.2, 0) is 14.3 Å². The molecule has 1 amide bonds. The maximum absolute atomic E-state index is 12.5. The van der Waals surface area contributed by atoms with Gasteiger partial charge in [-0.3, -0.25) is 9.59 Å². The number of esters is 1. The third kappa shape index (κ3) is 69.2. The second-order valence-corrected chi connectivity index (χ2v) is 26.3. The fourth-order valence-electron chi connectivity index (χ4n) is 12.1. The molecule has 6 nitrogen and oxygen atoms in total. The molecule has 3 N–H and O–H groups in total. The van der Waals surface area contributed by atoms with Crippen LogP contribution in [0, 0.1) is 0 Å². The highest BCUT2D eigenvalue weighted by molar-refractivity contribution is 5.76. The topological polar surface area (TPSA) is 95.9 Å². The first-order valence-corrected chi connectivity index (χ1v) is 38.2. The molecule has 0 aromatic rings. The van der Waals surface area contributed by atoms with Crippen molar-refractivity contribution in [1.82, 2.24) is 5.32 Å². The van der Waals surface area contributed by atoms with Gasteiger partial charge >= 0.3 is 5.97 Å². The summed E-state index contributed by atoms with van der Waals surface area (Å²) < 4.78 is 5.51. The number of hydrogen-bond acceptors (Lipinski definition) is 5. The number of nitrogens with one attached hydrogen (secondary N) is 1. The highest BCUT2D eigenvalue weighted by Crippen LogP contribution is 2.19. The first-order valence-electron chi connectivity index (χ1n) is 38.2. The number of aliphatic hydroxyl groups is 2. The van der Waals surface area contributed by atoms with Crippen molar-refractivity contribution in [1.29, 1.82) is 0 Å². The third-order valence-electron chi connectivity index (χ3n) is 17.9. The van der Waals surface area contributed by atoms with Gasteiger partial charge in [0.15, 0.2) is 0 Å². The van der Waals surface area contributed by atoms with Gasteiger partial charge in [-0.1, -0.05) is 365 Å². The van der Waals surface area contributed by atoms with E-state index in [-0.39, 0.29) is 18.5 Å². The van der Waals surface area contributed by atoms with Crippen molar-refractivity contribution >= 4 is 11.9 Å². The van der Waals surface area contributed by atoms with Gasteiger partial charge in [0, 0.05) is 12.8 Å². The highest BCUT2D eigenvalue weighted by Gasteiger charge is 2.20. The predicted molar refractivity (Wildman–Crippen MR) is 370 cm³/mol. The van der Waals surface area contributed by atoms with Crippen LogP contribution in [0.4, 0.5) is 0 Å². The molecule has 2 unspecified atom stereocenters. The fourth-order valence-corrected chi connectivity index (χ4v) is 12.1. The summed E-state index contributed by atoms with van der Waals surface area (Å²) >= 11 is 0. The normalized spacial score (nSPS) is 12.7. The van der Waals surface area contributed by atoms with Crippen LogP contribution in [0.2, 0.25) is 0 Å². The summed E-state index contributed by atoms with van der Waals surface area (Å²) in [6, 6.07) is -0.538. The second-order valence-electron chi connectivity index (χ2n) is 26.3. The Balaban J connectivity index is 3.33. The van der Waals surface area contributed by atoms with Crippen molar-refractivity contribution in [2.75, 3.05) is 13.2 Å². The maximum atomic E-state index is 12.5. The molecule has 0 spiro atoms. The first-order chi connectivity index (χ1) is 41.5. The predicted octanol–water partition coefficient (Wildman–Crippen LogP) is 25.0. The molecule has 0 aliphatic carbocycles. The van der Waals surface area contributed by atoms with Gasteiger partial charge in [-0.15, -0.1) is 0 Å². The highest BCUT2D eigenvalue weighted by atomic mass is 16.5. The molecule has 0 aliphatic heterocycles. The van der Waals surface area contributed by atoms with E-state index in [9.17, 15) is 19.8 Å². The van der Waals surface area contributed by atoms with Gasteiger partial charge in [0.1, 0.15) is 0 Å². The Labute approximate surface area is 525 Å². The quantitative estimate of drug-likeness (QED) is 0.0320. The lowest BCUT2D eigenvalue weighted by molar-refractivity contribution is -0.143. The standard InChI is InChI=1S/C78H149NO5/c1-3-5-7-9-11-13-15-16-17-18-38-42-45-48-52-56-60-64-68-72-78(83)84-73-69-65-61-57-53-49-46-43-40-37-35-33-31-29-27-25-23-21-19-20-22-24-26-28-30-32-34-36-39-41-44-47-51-55-59-63-67-71-77(82)79-75(74-80)76(81)70-66-62-58-54-50-14-12-10-8-6-4-2/h16-17,19,21,25,27,75-76,80-81H,3-15,18,20,22-24,26,28-74H2,1-2H3,(H,79,82)/b17-16-,21-19-,27-25-. The summed E-state index contributed by atoms with van der Waals surface area (Å²) in [7, 11) is 0. The van der Waals surface area contributed by atoms with Crippen molar-refractivity contribution in [3.8, 4) is 0 Å². The molecule has 0 aromatic carbocycles. The van der Waals surface area contributed by atoms with Crippen molar-refractivity contribution in [3.63, 3.8) is 0 Å². The average molecular weight is 1180 g/mol.